The normalized spacial score (nSPS) is 12.3. The predicted molar refractivity (Wildman–Crippen MR) is 149 cm³/mol. The lowest BCUT2D eigenvalue weighted by Gasteiger charge is -2.16. The summed E-state index contributed by atoms with van der Waals surface area (Å²) in [6.45, 7) is 0. The standard InChI is InChI=1S/C28H16F6O11S2/c29-27(30,31)46(39,40)44-19-9-3-16(4-10-19)15-1-7-18(8-2-15)43-22-14-13-21(25(35)36)23(24(22)26(37)38)17-5-11-20(12-6-17)45-47(41,42)28(32,33)34/h1-14H,(H,35,36)(H,37,38). The van der Waals surface area contributed by atoms with E-state index in [1.54, 1.807) is 0 Å². The number of halogens is 6. The second-order valence-corrected chi connectivity index (χ2v) is 12.2. The fourth-order valence-electron chi connectivity index (χ4n) is 3.93. The zero-order valence-corrected chi connectivity index (χ0v) is 24.4. The van der Waals surface area contributed by atoms with Crippen LogP contribution in [0.5, 0.6) is 23.0 Å². The van der Waals surface area contributed by atoms with E-state index in [0.717, 1.165) is 48.5 Å². The SMILES string of the molecule is O=C(O)c1ccc(Oc2ccc(-c3ccc(OS(=O)(=O)C(F)(F)F)cc3)cc2)c(C(=O)O)c1-c1ccc(OS(=O)(=O)C(F)(F)F)cc1. The van der Waals surface area contributed by atoms with Gasteiger partial charge < -0.3 is 23.3 Å². The lowest BCUT2D eigenvalue weighted by atomic mass is 9.93. The van der Waals surface area contributed by atoms with Crippen molar-refractivity contribution in [3.63, 3.8) is 0 Å². The molecule has 19 heteroatoms. The molecule has 4 aromatic carbocycles. The van der Waals surface area contributed by atoms with Crippen molar-refractivity contribution in [1.82, 2.24) is 0 Å². The minimum absolute atomic E-state index is 0.0302. The van der Waals surface area contributed by atoms with Crippen LogP contribution >= 0.6 is 0 Å². The first-order valence-corrected chi connectivity index (χ1v) is 15.2. The maximum atomic E-state index is 12.7. The molecule has 0 aromatic heterocycles. The minimum Gasteiger partial charge on any atom is -0.478 e. The molecule has 248 valence electrons. The Morgan fingerprint density at radius 1 is 0.532 bits per heavy atom. The molecule has 0 aliphatic carbocycles. The molecule has 11 nitrogen and oxygen atoms in total. The highest BCUT2D eigenvalue weighted by Crippen LogP contribution is 2.38. The van der Waals surface area contributed by atoms with Gasteiger partial charge in [-0.2, -0.15) is 43.2 Å². The molecule has 47 heavy (non-hydrogen) atoms. The van der Waals surface area contributed by atoms with Gasteiger partial charge >= 0.3 is 43.2 Å². The van der Waals surface area contributed by atoms with Crippen LogP contribution in [0.1, 0.15) is 20.7 Å². The Balaban J connectivity index is 1.63. The molecule has 0 fully saturated rings. The summed E-state index contributed by atoms with van der Waals surface area (Å²) < 4.78 is 134. The number of hydrogen-bond acceptors (Lipinski definition) is 9. The Labute approximate surface area is 260 Å². The summed E-state index contributed by atoms with van der Waals surface area (Å²) >= 11 is 0. The molecule has 0 spiro atoms. The molecule has 0 aliphatic rings. The van der Waals surface area contributed by atoms with Gasteiger partial charge in [0.2, 0.25) is 0 Å². The number of benzene rings is 4. The van der Waals surface area contributed by atoms with Crippen molar-refractivity contribution >= 4 is 32.2 Å². The van der Waals surface area contributed by atoms with Crippen molar-refractivity contribution in [2.75, 3.05) is 0 Å². The highest BCUT2D eigenvalue weighted by Gasteiger charge is 2.49. The molecule has 0 radical (unpaired) electrons. The van der Waals surface area contributed by atoms with Crippen molar-refractivity contribution < 1.29 is 76.1 Å². The lowest BCUT2D eigenvalue weighted by Crippen LogP contribution is -2.28. The van der Waals surface area contributed by atoms with Crippen LogP contribution in [0.15, 0.2) is 84.9 Å². The Morgan fingerprint density at radius 2 is 0.915 bits per heavy atom. The highest BCUT2D eigenvalue weighted by molar-refractivity contribution is 7.88. The van der Waals surface area contributed by atoms with Crippen LogP contribution in [0.3, 0.4) is 0 Å². The number of carboxylic acid groups (broad SMARTS) is 2. The van der Waals surface area contributed by atoms with Gasteiger partial charge in [0, 0.05) is 5.56 Å². The number of aromatic carboxylic acids is 2. The van der Waals surface area contributed by atoms with E-state index in [4.69, 9.17) is 4.74 Å². The fraction of sp³-hybridized carbons (Fsp3) is 0.0714. The van der Waals surface area contributed by atoms with Gasteiger partial charge in [-0.25, -0.2) is 9.59 Å². The van der Waals surface area contributed by atoms with Gasteiger partial charge in [-0.3, -0.25) is 0 Å². The van der Waals surface area contributed by atoms with Crippen LogP contribution in [0, 0.1) is 0 Å². The largest absolute Gasteiger partial charge is 0.534 e. The van der Waals surface area contributed by atoms with Crippen LogP contribution in [-0.2, 0) is 20.2 Å². The summed E-state index contributed by atoms with van der Waals surface area (Å²) in [6.07, 6.45) is 0. The summed E-state index contributed by atoms with van der Waals surface area (Å²) in [5, 5.41) is 19.7. The number of carboxylic acids is 2. The Hall–Kier alpha value is -5.30. The van der Waals surface area contributed by atoms with Gasteiger partial charge in [0.1, 0.15) is 28.6 Å². The van der Waals surface area contributed by atoms with Crippen LogP contribution in [0.25, 0.3) is 22.3 Å². The van der Waals surface area contributed by atoms with E-state index in [-0.39, 0.29) is 17.1 Å². The number of ether oxygens (including phenoxy) is 1. The van der Waals surface area contributed by atoms with Gasteiger partial charge in [0.15, 0.2) is 0 Å². The predicted octanol–water partition coefficient (Wildman–Crippen LogP) is 6.67. The van der Waals surface area contributed by atoms with Crippen LogP contribution in [-0.4, -0.2) is 50.0 Å². The van der Waals surface area contributed by atoms with Crippen molar-refractivity contribution in [3.8, 4) is 45.3 Å². The van der Waals surface area contributed by atoms with Gasteiger partial charge in [-0.15, -0.1) is 0 Å². The van der Waals surface area contributed by atoms with E-state index in [1.807, 2.05) is 0 Å². The highest BCUT2D eigenvalue weighted by atomic mass is 32.2. The maximum absolute atomic E-state index is 12.7. The molecule has 0 unspecified atom stereocenters. The summed E-state index contributed by atoms with van der Waals surface area (Å²) in [7, 11) is -11.9. The summed E-state index contributed by atoms with van der Waals surface area (Å²) in [5.74, 6) is -4.96. The average molecular weight is 707 g/mol. The van der Waals surface area contributed by atoms with Gasteiger partial charge in [-0.1, -0.05) is 36.4 Å². The van der Waals surface area contributed by atoms with Crippen molar-refractivity contribution in [1.29, 1.82) is 0 Å². The van der Waals surface area contributed by atoms with Gasteiger partial charge in [-0.05, 0) is 65.2 Å². The molecule has 0 bridgehead atoms. The molecule has 0 saturated heterocycles. The maximum Gasteiger partial charge on any atom is 0.534 e. The van der Waals surface area contributed by atoms with Crippen LogP contribution in [0.2, 0.25) is 0 Å². The first-order valence-electron chi connectivity index (χ1n) is 12.3. The van der Waals surface area contributed by atoms with Crippen molar-refractivity contribution in [2.45, 2.75) is 11.0 Å². The number of alkyl halides is 6. The molecule has 0 aliphatic heterocycles. The molecule has 2 N–H and O–H groups in total. The van der Waals surface area contributed by atoms with Crippen molar-refractivity contribution in [3.05, 3.63) is 96.1 Å². The first kappa shape index (κ1) is 34.6. The molecule has 4 rings (SSSR count). The third kappa shape index (κ3) is 7.58. The second kappa shape index (κ2) is 12.5. The number of rotatable bonds is 10. The van der Waals surface area contributed by atoms with E-state index in [2.05, 4.69) is 8.37 Å². The molecular weight excluding hydrogens is 690 g/mol. The summed E-state index contributed by atoms with van der Waals surface area (Å²) in [6, 6.07) is 15.6. The quantitative estimate of drug-likeness (QED) is 0.103. The summed E-state index contributed by atoms with van der Waals surface area (Å²) in [5.41, 5.74) is -12.3. The fourth-order valence-corrected chi connectivity index (χ4v) is 4.85. The van der Waals surface area contributed by atoms with E-state index < -0.39 is 71.4 Å². The average Bonchev–Trinajstić information content (AvgIpc) is 2.96. The monoisotopic (exact) mass is 706 g/mol. The van der Waals surface area contributed by atoms with E-state index in [0.29, 0.717) is 11.1 Å². The second-order valence-electron chi connectivity index (χ2n) is 9.11. The molecule has 0 atom stereocenters. The van der Waals surface area contributed by atoms with E-state index in [1.165, 1.54) is 36.4 Å². The molecule has 0 saturated carbocycles. The first-order chi connectivity index (χ1) is 21.7. The Bertz CT molecular complexity index is 2040. The molecule has 0 amide bonds. The molecular formula is C28H16F6O11S2. The summed E-state index contributed by atoms with van der Waals surface area (Å²) in [4.78, 5) is 24.3. The zero-order valence-electron chi connectivity index (χ0n) is 22.7. The third-order valence-electron chi connectivity index (χ3n) is 6.00. The zero-order chi connectivity index (χ0) is 34.9. The van der Waals surface area contributed by atoms with Crippen LogP contribution in [0.4, 0.5) is 26.3 Å². The Morgan fingerprint density at radius 3 is 1.28 bits per heavy atom. The minimum atomic E-state index is -6.02. The van der Waals surface area contributed by atoms with Gasteiger partial charge in [0.25, 0.3) is 0 Å². The molecule has 4 aromatic rings. The number of carbonyl (C=O) groups is 2. The Kier molecular flexibility index (Phi) is 9.18. The topological polar surface area (TPSA) is 171 Å². The van der Waals surface area contributed by atoms with Crippen molar-refractivity contribution in [2.24, 2.45) is 0 Å². The smallest absolute Gasteiger partial charge is 0.478 e. The van der Waals surface area contributed by atoms with E-state index >= 15 is 0 Å². The lowest BCUT2D eigenvalue weighted by molar-refractivity contribution is -0.0504. The van der Waals surface area contributed by atoms with Crippen LogP contribution < -0.4 is 13.1 Å². The third-order valence-corrected chi connectivity index (χ3v) is 7.96. The molecule has 0 heterocycles. The van der Waals surface area contributed by atoms with E-state index in [9.17, 15) is 63.0 Å². The number of hydrogen-bond donors (Lipinski definition) is 2. The van der Waals surface area contributed by atoms with Gasteiger partial charge in [0.05, 0.1) is 5.56 Å².